The fraction of sp³-hybridized carbons (Fsp3) is 0.0938. The number of aromatic nitrogens is 4. The van der Waals surface area contributed by atoms with Crippen molar-refractivity contribution in [3.05, 3.63) is 110 Å². The quantitative estimate of drug-likeness (QED) is 0.153. The second-order valence-electron chi connectivity index (χ2n) is 9.44. The number of H-pyrrole nitrogens is 1. The van der Waals surface area contributed by atoms with E-state index in [1.54, 1.807) is 24.1 Å². The summed E-state index contributed by atoms with van der Waals surface area (Å²) in [6.07, 6.45) is 5.56. The molecule has 3 aromatic carbocycles. The molecule has 0 bridgehead atoms. The largest absolute Gasteiger partial charge is 0.497 e. The summed E-state index contributed by atoms with van der Waals surface area (Å²) in [4.78, 5) is 20.6. The maximum absolute atomic E-state index is 13.0. The van der Waals surface area contributed by atoms with Gasteiger partial charge in [-0.25, -0.2) is 4.98 Å². The number of para-hydroxylation sites is 1. The minimum atomic E-state index is -0.189. The molecule has 0 radical (unpaired) electrons. The smallest absolute Gasteiger partial charge is 0.246 e. The predicted octanol–water partition coefficient (Wildman–Crippen LogP) is 6.22. The topological polar surface area (TPSA) is 109 Å². The number of fused-ring (bicyclic) bond motifs is 1. The highest BCUT2D eigenvalue weighted by atomic mass is 16.5. The van der Waals surface area contributed by atoms with Crippen LogP contribution in [0.2, 0.25) is 0 Å². The molecule has 0 saturated carbocycles. The summed E-state index contributed by atoms with van der Waals surface area (Å²) in [5, 5.41) is 15.5. The van der Waals surface area contributed by atoms with E-state index in [9.17, 15) is 4.79 Å². The molecular weight excluding hydrogens is 514 g/mol. The van der Waals surface area contributed by atoms with Gasteiger partial charge in [-0.05, 0) is 54.1 Å². The van der Waals surface area contributed by atoms with E-state index in [-0.39, 0.29) is 12.5 Å². The number of carbonyl (C=O) groups is 1. The lowest BCUT2D eigenvalue weighted by atomic mass is 10.0. The standard InChI is InChI=1S/C32H29N7O2/c1-41-26-9-5-8-25(18-26)37-30(40)20-39-19-29(27-14-16-33-32-28(27)15-17-34-32)31(38-39)22-10-12-24(13-11-22)36-21-35-23-6-3-2-4-7-23/h2-19,35-36H,20-21H2,1H3,(H,33,34)(H,37,40). The highest BCUT2D eigenvalue weighted by Gasteiger charge is 2.17. The molecule has 3 aromatic heterocycles. The van der Waals surface area contributed by atoms with Crippen molar-refractivity contribution in [1.82, 2.24) is 19.7 Å². The van der Waals surface area contributed by atoms with Gasteiger partial charge in [-0.1, -0.05) is 36.4 Å². The van der Waals surface area contributed by atoms with Crippen molar-refractivity contribution in [1.29, 1.82) is 0 Å². The van der Waals surface area contributed by atoms with E-state index in [2.05, 4.69) is 25.9 Å². The lowest BCUT2D eigenvalue weighted by molar-refractivity contribution is -0.116. The Kier molecular flexibility index (Phi) is 7.31. The Labute approximate surface area is 237 Å². The minimum absolute atomic E-state index is 0.0520. The molecule has 1 amide bonds. The molecule has 3 heterocycles. The Morgan fingerprint density at radius 3 is 2.46 bits per heavy atom. The van der Waals surface area contributed by atoms with Crippen molar-refractivity contribution < 1.29 is 9.53 Å². The van der Waals surface area contributed by atoms with Crippen LogP contribution in [0.5, 0.6) is 5.75 Å². The number of hydrogen-bond acceptors (Lipinski definition) is 6. The maximum atomic E-state index is 13.0. The summed E-state index contributed by atoms with van der Waals surface area (Å²) in [6, 6.07) is 29.4. The Morgan fingerprint density at radius 2 is 1.66 bits per heavy atom. The number of carbonyl (C=O) groups excluding carboxylic acids is 1. The summed E-state index contributed by atoms with van der Waals surface area (Å²) in [5.74, 6) is 0.485. The average molecular weight is 544 g/mol. The van der Waals surface area contributed by atoms with Gasteiger partial charge in [0.1, 0.15) is 23.6 Å². The molecule has 41 heavy (non-hydrogen) atoms. The zero-order valence-corrected chi connectivity index (χ0v) is 22.5. The van der Waals surface area contributed by atoms with Gasteiger partial charge in [0.05, 0.1) is 13.8 Å². The van der Waals surface area contributed by atoms with E-state index < -0.39 is 0 Å². The molecule has 4 N–H and O–H groups in total. The van der Waals surface area contributed by atoms with Crippen LogP contribution in [0.15, 0.2) is 110 Å². The van der Waals surface area contributed by atoms with Gasteiger partial charge in [0.25, 0.3) is 0 Å². The summed E-state index contributed by atoms with van der Waals surface area (Å²) in [6.45, 7) is 0.643. The second-order valence-corrected chi connectivity index (χ2v) is 9.44. The second kappa shape index (κ2) is 11.7. The van der Waals surface area contributed by atoms with Crippen molar-refractivity contribution in [2.75, 3.05) is 29.7 Å². The van der Waals surface area contributed by atoms with Crippen LogP contribution in [0, 0.1) is 0 Å². The van der Waals surface area contributed by atoms with E-state index in [1.807, 2.05) is 97.3 Å². The van der Waals surface area contributed by atoms with Gasteiger partial charge >= 0.3 is 0 Å². The molecule has 0 fully saturated rings. The Bertz CT molecular complexity index is 1780. The summed E-state index contributed by atoms with van der Waals surface area (Å²) >= 11 is 0. The fourth-order valence-corrected chi connectivity index (χ4v) is 4.71. The average Bonchev–Trinajstić information content (AvgIpc) is 3.65. The first kappa shape index (κ1) is 25.7. The predicted molar refractivity (Wildman–Crippen MR) is 163 cm³/mol. The van der Waals surface area contributed by atoms with Gasteiger partial charge in [0.15, 0.2) is 0 Å². The normalized spacial score (nSPS) is 10.9. The third kappa shape index (κ3) is 5.89. The maximum Gasteiger partial charge on any atom is 0.246 e. The molecule has 0 saturated heterocycles. The summed E-state index contributed by atoms with van der Waals surface area (Å²) in [7, 11) is 1.60. The molecule has 6 rings (SSSR count). The van der Waals surface area contributed by atoms with Gasteiger partial charge in [-0.15, -0.1) is 0 Å². The monoisotopic (exact) mass is 543 g/mol. The summed E-state index contributed by atoms with van der Waals surface area (Å²) in [5.41, 5.74) is 7.11. The van der Waals surface area contributed by atoms with Gasteiger partial charge in [0, 0.05) is 58.2 Å². The number of rotatable bonds is 10. The number of anilines is 3. The van der Waals surface area contributed by atoms with Gasteiger partial charge < -0.3 is 25.7 Å². The fourth-order valence-electron chi connectivity index (χ4n) is 4.71. The minimum Gasteiger partial charge on any atom is -0.497 e. The number of benzene rings is 3. The van der Waals surface area contributed by atoms with Crippen LogP contribution in [-0.4, -0.2) is 39.4 Å². The number of methoxy groups -OCH3 is 1. The van der Waals surface area contributed by atoms with Crippen molar-refractivity contribution in [3.8, 4) is 28.1 Å². The molecule has 0 aliphatic carbocycles. The Balaban J connectivity index is 1.25. The highest BCUT2D eigenvalue weighted by molar-refractivity contribution is 5.97. The number of nitrogens with one attached hydrogen (secondary N) is 4. The number of amides is 1. The van der Waals surface area contributed by atoms with E-state index in [4.69, 9.17) is 9.84 Å². The number of ether oxygens (including phenoxy) is 1. The van der Waals surface area contributed by atoms with Crippen LogP contribution < -0.4 is 20.7 Å². The molecular formula is C32H29N7O2. The Morgan fingerprint density at radius 1 is 0.878 bits per heavy atom. The van der Waals surface area contributed by atoms with Crippen molar-refractivity contribution in [2.24, 2.45) is 0 Å². The molecule has 204 valence electrons. The zero-order valence-electron chi connectivity index (χ0n) is 22.5. The number of nitrogens with zero attached hydrogens (tertiary/aromatic N) is 3. The molecule has 0 spiro atoms. The van der Waals surface area contributed by atoms with Crippen LogP contribution >= 0.6 is 0 Å². The van der Waals surface area contributed by atoms with E-state index in [1.165, 1.54) is 0 Å². The van der Waals surface area contributed by atoms with Crippen molar-refractivity contribution in [3.63, 3.8) is 0 Å². The molecule has 6 aromatic rings. The SMILES string of the molecule is COc1cccc(NC(=O)Cn2cc(-c3ccnc4[nH]ccc34)c(-c3ccc(NCNc4ccccc4)cc3)n2)c1. The highest BCUT2D eigenvalue weighted by Crippen LogP contribution is 2.35. The van der Waals surface area contributed by atoms with Crippen LogP contribution in [-0.2, 0) is 11.3 Å². The first-order valence-corrected chi connectivity index (χ1v) is 13.2. The van der Waals surface area contributed by atoms with Crippen molar-refractivity contribution >= 4 is 34.0 Å². The third-order valence-corrected chi connectivity index (χ3v) is 6.69. The van der Waals surface area contributed by atoms with Crippen LogP contribution in [0.1, 0.15) is 0 Å². The first-order valence-electron chi connectivity index (χ1n) is 13.2. The number of hydrogen-bond donors (Lipinski definition) is 4. The first-order chi connectivity index (χ1) is 20.2. The Hall–Kier alpha value is -5.57. The third-order valence-electron chi connectivity index (χ3n) is 6.69. The lowest BCUT2D eigenvalue weighted by Crippen LogP contribution is -2.19. The number of pyridine rings is 1. The molecule has 0 aliphatic rings. The van der Waals surface area contributed by atoms with Gasteiger partial charge in [-0.3, -0.25) is 9.48 Å². The van der Waals surface area contributed by atoms with Crippen molar-refractivity contribution in [2.45, 2.75) is 6.54 Å². The van der Waals surface area contributed by atoms with E-state index in [0.717, 1.165) is 44.8 Å². The zero-order chi connectivity index (χ0) is 28.0. The molecule has 9 nitrogen and oxygen atoms in total. The van der Waals surface area contributed by atoms with Gasteiger partial charge in [0.2, 0.25) is 5.91 Å². The van der Waals surface area contributed by atoms with E-state index >= 15 is 0 Å². The lowest BCUT2D eigenvalue weighted by Gasteiger charge is -2.10. The van der Waals surface area contributed by atoms with E-state index in [0.29, 0.717) is 18.1 Å². The molecule has 0 aliphatic heterocycles. The molecule has 0 unspecified atom stereocenters. The van der Waals surface area contributed by atoms with Crippen LogP contribution in [0.25, 0.3) is 33.4 Å². The van der Waals surface area contributed by atoms with Crippen LogP contribution in [0.3, 0.4) is 0 Å². The molecule has 0 atom stereocenters. The number of aromatic amines is 1. The summed E-state index contributed by atoms with van der Waals surface area (Å²) < 4.78 is 6.94. The van der Waals surface area contributed by atoms with Gasteiger partial charge in [-0.2, -0.15) is 5.10 Å². The molecule has 9 heteroatoms. The van der Waals surface area contributed by atoms with Crippen LogP contribution in [0.4, 0.5) is 17.1 Å².